The third kappa shape index (κ3) is 4.11. The molecular weight excluding hydrogens is 360 g/mol. The molecule has 0 bridgehead atoms. The zero-order valence-corrected chi connectivity index (χ0v) is 16.6. The summed E-state index contributed by atoms with van der Waals surface area (Å²) in [5.74, 6) is -0.430. The van der Waals surface area contributed by atoms with Gasteiger partial charge in [-0.2, -0.15) is 0 Å². The lowest BCUT2D eigenvalue weighted by Crippen LogP contribution is -2.58. The van der Waals surface area contributed by atoms with Crippen molar-refractivity contribution in [2.45, 2.75) is 44.8 Å². The summed E-state index contributed by atoms with van der Waals surface area (Å²) in [6, 6.07) is 5.08. The van der Waals surface area contributed by atoms with E-state index in [1.165, 1.54) is 0 Å². The van der Waals surface area contributed by atoms with Crippen LogP contribution in [0.4, 0.5) is 5.69 Å². The first kappa shape index (κ1) is 20.1. The van der Waals surface area contributed by atoms with E-state index in [9.17, 15) is 14.4 Å². The molecule has 28 heavy (non-hydrogen) atoms. The van der Waals surface area contributed by atoms with Crippen LogP contribution >= 0.6 is 0 Å². The molecule has 152 valence electrons. The van der Waals surface area contributed by atoms with Gasteiger partial charge < -0.3 is 25.6 Å². The summed E-state index contributed by atoms with van der Waals surface area (Å²) in [4.78, 5) is 39.2. The van der Waals surface area contributed by atoms with E-state index in [0.29, 0.717) is 38.1 Å². The van der Waals surface area contributed by atoms with Crippen molar-refractivity contribution in [3.63, 3.8) is 0 Å². The Hall–Kier alpha value is -2.61. The summed E-state index contributed by atoms with van der Waals surface area (Å²) in [5, 5.41) is 9.28. The Morgan fingerprint density at radius 1 is 1.32 bits per heavy atom. The number of likely N-dealkylation sites (tertiary alicyclic amines) is 1. The number of rotatable bonds is 5. The molecule has 1 spiro atoms. The molecule has 1 aromatic carbocycles. The predicted octanol–water partition coefficient (Wildman–Crippen LogP) is 1.01. The molecule has 2 atom stereocenters. The van der Waals surface area contributed by atoms with Crippen LogP contribution in [0.1, 0.15) is 42.1 Å². The molecule has 3 amide bonds. The van der Waals surface area contributed by atoms with Crippen LogP contribution in [0.25, 0.3) is 0 Å². The van der Waals surface area contributed by atoms with E-state index in [0.717, 1.165) is 11.3 Å². The second-order valence-corrected chi connectivity index (χ2v) is 7.51. The maximum Gasteiger partial charge on any atom is 0.255 e. The maximum atomic E-state index is 12.7. The number of amides is 3. The topological polar surface area (TPSA) is 99.8 Å². The zero-order valence-electron chi connectivity index (χ0n) is 16.6. The number of aryl methyl sites for hydroxylation is 1. The molecule has 0 radical (unpaired) electrons. The van der Waals surface area contributed by atoms with Crippen LogP contribution in [0, 0.1) is 6.92 Å². The van der Waals surface area contributed by atoms with Crippen molar-refractivity contribution in [1.29, 1.82) is 0 Å². The number of hydrogen-bond acceptors (Lipinski definition) is 5. The minimum absolute atomic E-state index is 0.0858. The lowest BCUT2D eigenvalue weighted by molar-refractivity contribution is -0.139. The minimum Gasteiger partial charge on any atom is -0.383 e. The van der Waals surface area contributed by atoms with Gasteiger partial charge >= 0.3 is 0 Å². The number of anilines is 1. The molecule has 3 N–H and O–H groups in total. The van der Waals surface area contributed by atoms with Gasteiger partial charge in [0.25, 0.3) is 5.91 Å². The van der Waals surface area contributed by atoms with Gasteiger partial charge in [-0.05, 0) is 38.0 Å². The van der Waals surface area contributed by atoms with Crippen molar-refractivity contribution >= 4 is 23.4 Å². The number of nitrogens with zero attached hydrogens (tertiary/aromatic N) is 1. The van der Waals surface area contributed by atoms with Crippen molar-refractivity contribution in [1.82, 2.24) is 15.5 Å². The smallest absolute Gasteiger partial charge is 0.255 e. The van der Waals surface area contributed by atoms with E-state index >= 15 is 0 Å². The van der Waals surface area contributed by atoms with Crippen LogP contribution in [0.3, 0.4) is 0 Å². The fourth-order valence-corrected chi connectivity index (χ4v) is 3.78. The van der Waals surface area contributed by atoms with E-state index < -0.39 is 11.7 Å². The van der Waals surface area contributed by atoms with Gasteiger partial charge in [0.15, 0.2) is 0 Å². The van der Waals surface area contributed by atoms with E-state index in [4.69, 9.17) is 4.74 Å². The lowest BCUT2D eigenvalue weighted by atomic mass is 9.94. The van der Waals surface area contributed by atoms with Crippen molar-refractivity contribution in [2.75, 3.05) is 32.1 Å². The molecule has 0 aliphatic carbocycles. The number of carbonyl (C=O) groups is 3. The van der Waals surface area contributed by atoms with Crippen molar-refractivity contribution in [2.24, 2.45) is 0 Å². The Bertz CT molecular complexity index is 781. The second kappa shape index (κ2) is 8.18. The van der Waals surface area contributed by atoms with Gasteiger partial charge in [0.2, 0.25) is 11.8 Å². The Kier molecular flexibility index (Phi) is 5.88. The van der Waals surface area contributed by atoms with E-state index in [-0.39, 0.29) is 24.1 Å². The summed E-state index contributed by atoms with van der Waals surface area (Å²) < 4.78 is 4.94. The van der Waals surface area contributed by atoms with Gasteiger partial charge in [0.05, 0.1) is 12.2 Å². The van der Waals surface area contributed by atoms with E-state index in [1.54, 1.807) is 25.0 Å². The number of carbonyl (C=O) groups excluding carboxylic acids is 3. The highest BCUT2D eigenvalue weighted by Gasteiger charge is 2.41. The van der Waals surface area contributed by atoms with Gasteiger partial charge in [-0.1, -0.05) is 6.07 Å². The second-order valence-electron chi connectivity index (χ2n) is 7.51. The van der Waals surface area contributed by atoms with Gasteiger partial charge in [0, 0.05) is 38.7 Å². The summed E-state index contributed by atoms with van der Waals surface area (Å²) in [7, 11) is 1.57. The van der Waals surface area contributed by atoms with Gasteiger partial charge in [-0.25, -0.2) is 0 Å². The highest BCUT2D eigenvalue weighted by atomic mass is 16.5. The molecule has 2 aliphatic heterocycles. The lowest BCUT2D eigenvalue weighted by Gasteiger charge is -2.40. The number of fused-ring (bicyclic) bond motifs is 1. The Balaban J connectivity index is 1.72. The number of benzene rings is 1. The molecule has 8 nitrogen and oxygen atoms in total. The normalized spacial score (nSPS) is 22.8. The predicted molar refractivity (Wildman–Crippen MR) is 105 cm³/mol. The Labute approximate surface area is 165 Å². The van der Waals surface area contributed by atoms with Crippen LogP contribution in [0.2, 0.25) is 0 Å². The Morgan fingerprint density at radius 3 is 2.86 bits per heavy atom. The third-order valence-corrected chi connectivity index (χ3v) is 5.46. The fourth-order valence-electron chi connectivity index (χ4n) is 3.78. The first-order valence-electron chi connectivity index (χ1n) is 9.63. The molecular formula is C20H28N4O4. The summed E-state index contributed by atoms with van der Waals surface area (Å²) >= 11 is 0. The Morgan fingerprint density at radius 2 is 2.11 bits per heavy atom. The molecule has 0 aromatic heterocycles. The van der Waals surface area contributed by atoms with E-state index in [1.807, 2.05) is 19.1 Å². The average Bonchev–Trinajstić information content (AvgIpc) is 2.80. The molecule has 8 heteroatoms. The first-order valence-corrected chi connectivity index (χ1v) is 9.63. The van der Waals surface area contributed by atoms with Crippen LogP contribution in [-0.2, 0) is 14.3 Å². The monoisotopic (exact) mass is 388 g/mol. The molecule has 1 saturated heterocycles. The molecule has 1 fully saturated rings. The maximum absolute atomic E-state index is 12.7. The summed E-state index contributed by atoms with van der Waals surface area (Å²) in [6.07, 6.45) is 1.25. The minimum atomic E-state index is -0.686. The van der Waals surface area contributed by atoms with Crippen molar-refractivity contribution < 1.29 is 19.1 Å². The average molecular weight is 388 g/mol. The molecule has 2 heterocycles. The molecule has 0 unspecified atom stereocenters. The molecule has 2 aliphatic rings. The number of ether oxygens (including phenoxy) is 1. The van der Waals surface area contributed by atoms with Gasteiger partial charge in [0.1, 0.15) is 11.7 Å². The van der Waals surface area contributed by atoms with Crippen LogP contribution in [-0.4, -0.2) is 61.1 Å². The third-order valence-electron chi connectivity index (χ3n) is 5.46. The van der Waals surface area contributed by atoms with Gasteiger partial charge in [-0.3, -0.25) is 14.4 Å². The molecule has 3 rings (SSSR count). The first-order chi connectivity index (χ1) is 13.3. The zero-order chi connectivity index (χ0) is 20.3. The van der Waals surface area contributed by atoms with Crippen LogP contribution < -0.4 is 16.0 Å². The van der Waals surface area contributed by atoms with Crippen LogP contribution in [0.5, 0.6) is 0 Å². The number of hydrogen-bond donors (Lipinski definition) is 3. The quantitative estimate of drug-likeness (QED) is 0.654. The molecule has 1 aromatic rings. The standard InChI is InChI=1S/C20H28N4O4/c1-13-4-5-15-16(12-13)22-20(23-19(15)27)7-6-17(25)24(10-8-20)14(2)18(26)21-9-11-28-3/h4-5,12,14,22H,6-11H2,1-3H3,(H,21,26)(H,23,27)/t14-,20-/m1/s1. The highest BCUT2D eigenvalue weighted by Crippen LogP contribution is 2.32. The summed E-state index contributed by atoms with van der Waals surface area (Å²) in [5.41, 5.74) is 1.77. The van der Waals surface area contributed by atoms with Crippen LogP contribution in [0.15, 0.2) is 18.2 Å². The number of nitrogens with one attached hydrogen (secondary N) is 3. The highest BCUT2D eigenvalue weighted by molar-refractivity contribution is 6.02. The summed E-state index contributed by atoms with van der Waals surface area (Å²) in [6.45, 7) is 4.91. The van der Waals surface area contributed by atoms with Crippen molar-refractivity contribution in [3.05, 3.63) is 29.3 Å². The fraction of sp³-hybridized carbons (Fsp3) is 0.550. The molecule has 0 saturated carbocycles. The van der Waals surface area contributed by atoms with E-state index in [2.05, 4.69) is 16.0 Å². The van der Waals surface area contributed by atoms with Gasteiger partial charge in [-0.15, -0.1) is 0 Å². The SMILES string of the molecule is COCCNC(=O)[C@@H](C)N1CC[C@@]2(CCC1=O)NC(=O)c1ccc(C)cc1N2. The van der Waals surface area contributed by atoms with Crippen molar-refractivity contribution in [3.8, 4) is 0 Å². The largest absolute Gasteiger partial charge is 0.383 e. The number of methoxy groups -OCH3 is 1.